The predicted molar refractivity (Wildman–Crippen MR) is 65.3 cm³/mol. The lowest BCUT2D eigenvalue weighted by molar-refractivity contribution is 0.436. The van der Waals surface area contributed by atoms with Gasteiger partial charge in [0.1, 0.15) is 0 Å². The number of nitrogens with one attached hydrogen (secondary N) is 1. The van der Waals surface area contributed by atoms with Crippen molar-refractivity contribution in [1.82, 2.24) is 4.98 Å². The minimum Gasteiger partial charge on any atom is -0.505 e. The molecule has 2 nitrogen and oxygen atoms in total. The molecule has 88 valence electrons. The van der Waals surface area contributed by atoms with Gasteiger partial charge in [-0.1, -0.05) is 27.2 Å². The number of fused-ring (bicyclic) bond motifs is 1. The maximum Gasteiger partial charge on any atom is 0.174 e. The minimum absolute atomic E-state index is 0.292. The number of phenols is 1. The third-order valence-electron chi connectivity index (χ3n) is 2.29. The van der Waals surface area contributed by atoms with E-state index in [9.17, 15) is 4.39 Å². The number of phenolic OH excluding ortho intramolecular Hbond substituents is 1. The quantitative estimate of drug-likeness (QED) is 0.793. The van der Waals surface area contributed by atoms with Crippen molar-refractivity contribution in [3.63, 3.8) is 0 Å². The van der Waals surface area contributed by atoms with E-state index in [4.69, 9.17) is 5.11 Å². The van der Waals surface area contributed by atoms with Crippen LogP contribution in [0, 0.1) is 5.82 Å². The summed E-state index contributed by atoms with van der Waals surface area (Å²) in [5, 5.41) is 9.63. The van der Waals surface area contributed by atoms with Crippen LogP contribution in [0.25, 0.3) is 10.9 Å². The number of aryl methyl sites for hydroxylation is 1. The predicted octanol–water partition coefficient (Wildman–Crippen LogP) is 3.99. The summed E-state index contributed by atoms with van der Waals surface area (Å²) in [7, 11) is 0. The number of aromatic nitrogens is 1. The first-order chi connectivity index (χ1) is 7.72. The molecule has 1 aromatic carbocycles. The van der Waals surface area contributed by atoms with Crippen molar-refractivity contribution in [1.29, 1.82) is 0 Å². The third-order valence-corrected chi connectivity index (χ3v) is 2.29. The summed E-state index contributed by atoms with van der Waals surface area (Å²) >= 11 is 0. The van der Waals surface area contributed by atoms with E-state index in [2.05, 4.69) is 11.9 Å². The van der Waals surface area contributed by atoms with E-state index >= 15 is 0 Å². The van der Waals surface area contributed by atoms with Gasteiger partial charge in [-0.3, -0.25) is 0 Å². The summed E-state index contributed by atoms with van der Waals surface area (Å²) in [5.74, 6) is -0.833. The Balaban J connectivity index is 0.000000606. The minimum atomic E-state index is -0.541. The summed E-state index contributed by atoms with van der Waals surface area (Å²) in [5.41, 5.74) is 1.75. The van der Waals surface area contributed by atoms with Crippen LogP contribution < -0.4 is 0 Å². The average Bonchev–Trinajstić information content (AvgIpc) is 2.71. The molecule has 2 rings (SSSR count). The summed E-state index contributed by atoms with van der Waals surface area (Å²) in [4.78, 5) is 3.11. The molecule has 0 saturated heterocycles. The molecule has 0 bridgehead atoms. The Morgan fingerprint density at radius 1 is 1.31 bits per heavy atom. The monoisotopic (exact) mass is 223 g/mol. The topological polar surface area (TPSA) is 36.0 Å². The Morgan fingerprint density at radius 3 is 2.62 bits per heavy atom. The second-order valence-corrected chi connectivity index (χ2v) is 3.40. The van der Waals surface area contributed by atoms with Crippen molar-refractivity contribution in [3.8, 4) is 5.75 Å². The standard InChI is InChI=1S/C11H12FNO.C2H6/c1-2-3-7-6-8-9(13-7)4-5-10(14)11(8)12;1-2/h4-6,13-14H,2-3H2,1H3;1-2H3. The molecule has 0 fully saturated rings. The van der Waals surface area contributed by atoms with Gasteiger partial charge in [-0.05, 0) is 24.6 Å². The van der Waals surface area contributed by atoms with Gasteiger partial charge in [0.2, 0.25) is 0 Å². The molecule has 0 atom stereocenters. The lowest BCUT2D eigenvalue weighted by atomic mass is 10.2. The van der Waals surface area contributed by atoms with Crippen LogP contribution in [0.1, 0.15) is 32.9 Å². The number of hydrogen-bond donors (Lipinski definition) is 2. The highest BCUT2D eigenvalue weighted by Gasteiger charge is 2.08. The normalized spacial score (nSPS) is 10.0. The molecule has 0 spiro atoms. The van der Waals surface area contributed by atoms with Gasteiger partial charge in [-0.2, -0.15) is 0 Å². The molecule has 0 saturated carbocycles. The highest BCUT2D eigenvalue weighted by molar-refractivity contribution is 5.82. The number of hydrogen-bond acceptors (Lipinski definition) is 1. The highest BCUT2D eigenvalue weighted by atomic mass is 19.1. The first-order valence-electron chi connectivity index (χ1n) is 5.71. The Morgan fingerprint density at radius 2 is 2.00 bits per heavy atom. The van der Waals surface area contributed by atoms with Gasteiger partial charge < -0.3 is 10.1 Å². The van der Waals surface area contributed by atoms with Gasteiger partial charge in [0.15, 0.2) is 11.6 Å². The maximum atomic E-state index is 13.4. The van der Waals surface area contributed by atoms with Crippen LogP contribution in [-0.4, -0.2) is 10.1 Å². The van der Waals surface area contributed by atoms with Crippen LogP contribution in [0.3, 0.4) is 0 Å². The molecular weight excluding hydrogens is 205 g/mol. The largest absolute Gasteiger partial charge is 0.505 e. The van der Waals surface area contributed by atoms with Crippen molar-refractivity contribution in [3.05, 3.63) is 29.7 Å². The van der Waals surface area contributed by atoms with E-state index in [1.165, 1.54) is 6.07 Å². The lowest BCUT2D eigenvalue weighted by Gasteiger charge is -1.94. The zero-order valence-corrected chi connectivity index (χ0v) is 9.97. The lowest BCUT2D eigenvalue weighted by Crippen LogP contribution is -1.79. The summed E-state index contributed by atoms with van der Waals surface area (Å²) in [6.07, 6.45) is 1.91. The average molecular weight is 223 g/mol. The van der Waals surface area contributed by atoms with E-state index < -0.39 is 5.82 Å². The van der Waals surface area contributed by atoms with Gasteiger partial charge in [-0.15, -0.1) is 0 Å². The van der Waals surface area contributed by atoms with Gasteiger partial charge >= 0.3 is 0 Å². The molecule has 0 amide bonds. The number of aromatic hydroxyl groups is 1. The molecule has 1 heterocycles. The zero-order valence-electron chi connectivity index (χ0n) is 9.97. The molecule has 2 aromatic rings. The first-order valence-corrected chi connectivity index (χ1v) is 5.71. The Kier molecular flexibility index (Phi) is 4.35. The number of benzene rings is 1. The van der Waals surface area contributed by atoms with Crippen molar-refractivity contribution in [2.24, 2.45) is 0 Å². The number of aromatic amines is 1. The second-order valence-electron chi connectivity index (χ2n) is 3.40. The van der Waals surface area contributed by atoms with Crippen LogP contribution in [0.5, 0.6) is 5.75 Å². The molecule has 1 aromatic heterocycles. The SMILES string of the molecule is CC.CCCc1cc2c(F)c(O)ccc2[nH]1. The molecular formula is C13H18FNO. The van der Waals surface area contributed by atoms with Crippen molar-refractivity contribution in [2.45, 2.75) is 33.6 Å². The molecule has 3 heteroatoms. The number of halogens is 1. The van der Waals surface area contributed by atoms with Gasteiger partial charge in [-0.25, -0.2) is 4.39 Å². The molecule has 16 heavy (non-hydrogen) atoms. The van der Waals surface area contributed by atoms with E-state index in [0.717, 1.165) is 24.1 Å². The number of H-pyrrole nitrogens is 1. The molecule has 0 aliphatic rings. The van der Waals surface area contributed by atoms with Gasteiger partial charge in [0, 0.05) is 16.6 Å². The van der Waals surface area contributed by atoms with Gasteiger partial charge in [0.25, 0.3) is 0 Å². The molecule has 0 aliphatic carbocycles. The van der Waals surface area contributed by atoms with Crippen LogP contribution in [0.15, 0.2) is 18.2 Å². The Bertz CT molecular complexity index is 462. The van der Waals surface area contributed by atoms with Crippen LogP contribution in [-0.2, 0) is 6.42 Å². The zero-order chi connectivity index (χ0) is 12.1. The molecule has 0 radical (unpaired) electrons. The van der Waals surface area contributed by atoms with Crippen molar-refractivity contribution in [2.75, 3.05) is 0 Å². The fourth-order valence-electron chi connectivity index (χ4n) is 1.62. The van der Waals surface area contributed by atoms with E-state index in [0.29, 0.717) is 5.39 Å². The van der Waals surface area contributed by atoms with Crippen LogP contribution in [0.4, 0.5) is 4.39 Å². The van der Waals surface area contributed by atoms with Crippen molar-refractivity contribution < 1.29 is 9.50 Å². The summed E-state index contributed by atoms with van der Waals surface area (Å²) in [6, 6.07) is 4.81. The highest BCUT2D eigenvalue weighted by Crippen LogP contribution is 2.26. The molecule has 0 aliphatic heterocycles. The van der Waals surface area contributed by atoms with Crippen LogP contribution >= 0.6 is 0 Å². The van der Waals surface area contributed by atoms with E-state index in [1.807, 2.05) is 13.8 Å². The fourth-order valence-corrected chi connectivity index (χ4v) is 1.62. The Hall–Kier alpha value is -1.51. The smallest absolute Gasteiger partial charge is 0.174 e. The van der Waals surface area contributed by atoms with E-state index in [1.54, 1.807) is 12.1 Å². The second kappa shape index (κ2) is 5.54. The van der Waals surface area contributed by atoms with E-state index in [-0.39, 0.29) is 5.75 Å². The maximum absolute atomic E-state index is 13.4. The Labute approximate surface area is 95.1 Å². The summed E-state index contributed by atoms with van der Waals surface area (Å²) < 4.78 is 13.4. The van der Waals surface area contributed by atoms with Gasteiger partial charge in [0.05, 0.1) is 0 Å². The fraction of sp³-hybridized carbons (Fsp3) is 0.385. The summed E-state index contributed by atoms with van der Waals surface area (Å²) in [6.45, 7) is 6.07. The molecule has 0 unspecified atom stereocenters. The number of rotatable bonds is 2. The first kappa shape index (κ1) is 12.6. The third kappa shape index (κ3) is 2.35. The van der Waals surface area contributed by atoms with Crippen LogP contribution in [0.2, 0.25) is 0 Å². The van der Waals surface area contributed by atoms with Crippen molar-refractivity contribution >= 4 is 10.9 Å². The molecule has 2 N–H and O–H groups in total.